The summed E-state index contributed by atoms with van der Waals surface area (Å²) in [6, 6.07) is 13.6. The van der Waals surface area contributed by atoms with Crippen LogP contribution in [0.15, 0.2) is 53.4 Å². The maximum absolute atomic E-state index is 12.6. The Morgan fingerprint density at radius 1 is 1.08 bits per heavy atom. The van der Waals surface area contributed by atoms with Crippen molar-refractivity contribution < 1.29 is 13.7 Å². The predicted molar refractivity (Wildman–Crippen MR) is 94.2 cm³/mol. The zero-order valence-electron chi connectivity index (χ0n) is 12.8. The SMILES string of the molecule is CS(=O)c1ccc(C2=C(c3cccc(Cl)c3)C(=O)C(N)(N)O2)cc1. The van der Waals surface area contributed by atoms with E-state index in [1.54, 1.807) is 54.8 Å². The van der Waals surface area contributed by atoms with Crippen LogP contribution in [0.4, 0.5) is 0 Å². The van der Waals surface area contributed by atoms with Gasteiger partial charge in [-0.3, -0.25) is 20.5 Å². The molecule has 0 bridgehead atoms. The van der Waals surface area contributed by atoms with E-state index in [9.17, 15) is 9.00 Å². The number of rotatable bonds is 3. The van der Waals surface area contributed by atoms with Crippen molar-refractivity contribution in [1.82, 2.24) is 0 Å². The van der Waals surface area contributed by atoms with E-state index in [2.05, 4.69) is 0 Å². The van der Waals surface area contributed by atoms with Crippen molar-refractivity contribution in [2.24, 2.45) is 11.5 Å². The molecule has 1 atom stereocenters. The van der Waals surface area contributed by atoms with Gasteiger partial charge in [0.25, 0.3) is 5.85 Å². The number of ketones is 1. The van der Waals surface area contributed by atoms with Crippen LogP contribution in [0.2, 0.25) is 5.02 Å². The molecular formula is C17H15ClN2O3S. The van der Waals surface area contributed by atoms with Crippen LogP contribution in [0.5, 0.6) is 0 Å². The molecular weight excluding hydrogens is 348 g/mol. The van der Waals surface area contributed by atoms with Crippen LogP contribution in [0.25, 0.3) is 11.3 Å². The second-order valence-corrected chi connectivity index (χ2v) is 7.23. The van der Waals surface area contributed by atoms with Crippen LogP contribution in [-0.2, 0) is 20.3 Å². The molecule has 2 aromatic carbocycles. The Labute approximate surface area is 146 Å². The van der Waals surface area contributed by atoms with Gasteiger partial charge < -0.3 is 4.74 Å². The minimum atomic E-state index is -1.93. The van der Waals surface area contributed by atoms with E-state index in [4.69, 9.17) is 27.8 Å². The molecule has 0 spiro atoms. The van der Waals surface area contributed by atoms with Crippen molar-refractivity contribution in [2.45, 2.75) is 10.7 Å². The molecule has 5 nitrogen and oxygen atoms in total. The molecule has 124 valence electrons. The molecule has 3 rings (SSSR count). The Hall–Kier alpha value is -1.99. The number of halogens is 1. The van der Waals surface area contributed by atoms with Gasteiger partial charge in [0.2, 0.25) is 5.78 Å². The summed E-state index contributed by atoms with van der Waals surface area (Å²) in [7, 11) is -1.10. The van der Waals surface area contributed by atoms with Crippen LogP contribution in [0.3, 0.4) is 0 Å². The Bertz CT molecular complexity index is 876. The summed E-state index contributed by atoms with van der Waals surface area (Å²) in [5, 5.41) is 0.482. The first-order chi connectivity index (χ1) is 11.3. The lowest BCUT2D eigenvalue weighted by Crippen LogP contribution is -2.55. The monoisotopic (exact) mass is 362 g/mol. The number of benzene rings is 2. The zero-order chi connectivity index (χ0) is 17.5. The first kappa shape index (κ1) is 16.9. The summed E-state index contributed by atoms with van der Waals surface area (Å²) < 4.78 is 17.0. The summed E-state index contributed by atoms with van der Waals surface area (Å²) in [6.45, 7) is 0. The molecule has 2 aromatic rings. The van der Waals surface area contributed by atoms with E-state index in [1.165, 1.54) is 0 Å². The van der Waals surface area contributed by atoms with Gasteiger partial charge in [0.05, 0.1) is 5.57 Å². The molecule has 0 amide bonds. The lowest BCUT2D eigenvalue weighted by Gasteiger charge is -2.17. The highest BCUT2D eigenvalue weighted by Gasteiger charge is 2.44. The maximum Gasteiger partial charge on any atom is 0.278 e. The van der Waals surface area contributed by atoms with Crippen molar-refractivity contribution in [3.63, 3.8) is 0 Å². The molecule has 0 aliphatic carbocycles. The van der Waals surface area contributed by atoms with Gasteiger partial charge in [-0.25, -0.2) is 0 Å². The molecule has 1 aliphatic heterocycles. The van der Waals surface area contributed by atoms with Gasteiger partial charge in [-0.15, -0.1) is 0 Å². The molecule has 0 saturated carbocycles. The third kappa shape index (κ3) is 3.01. The van der Waals surface area contributed by atoms with Crippen molar-refractivity contribution in [3.05, 3.63) is 64.7 Å². The first-order valence-electron chi connectivity index (χ1n) is 7.05. The first-order valence-corrected chi connectivity index (χ1v) is 8.99. The Kier molecular flexibility index (Phi) is 4.31. The number of nitrogens with two attached hydrogens (primary N) is 2. The van der Waals surface area contributed by atoms with Crippen molar-refractivity contribution in [2.75, 3.05) is 6.26 Å². The fraction of sp³-hybridized carbons (Fsp3) is 0.118. The zero-order valence-corrected chi connectivity index (χ0v) is 14.4. The highest BCUT2D eigenvalue weighted by atomic mass is 35.5. The topological polar surface area (TPSA) is 95.4 Å². The Balaban J connectivity index is 2.16. The van der Waals surface area contributed by atoms with Gasteiger partial charge in [-0.2, -0.15) is 0 Å². The molecule has 0 fully saturated rings. The molecule has 1 heterocycles. The lowest BCUT2D eigenvalue weighted by molar-refractivity contribution is -0.127. The van der Waals surface area contributed by atoms with Crippen molar-refractivity contribution in [1.29, 1.82) is 0 Å². The van der Waals surface area contributed by atoms with Gasteiger partial charge in [0.1, 0.15) is 5.76 Å². The quantitative estimate of drug-likeness (QED) is 0.815. The van der Waals surface area contributed by atoms with Crippen LogP contribution >= 0.6 is 11.6 Å². The smallest absolute Gasteiger partial charge is 0.278 e. The van der Waals surface area contributed by atoms with Gasteiger partial charge >= 0.3 is 0 Å². The largest absolute Gasteiger partial charge is 0.451 e. The summed E-state index contributed by atoms with van der Waals surface area (Å²) in [6.07, 6.45) is 1.59. The van der Waals surface area contributed by atoms with E-state index in [0.717, 1.165) is 0 Å². The molecule has 0 saturated heterocycles. The number of hydrogen-bond acceptors (Lipinski definition) is 5. The van der Waals surface area contributed by atoms with Gasteiger partial charge in [-0.05, 0) is 29.8 Å². The fourth-order valence-corrected chi connectivity index (χ4v) is 3.18. The summed E-state index contributed by atoms with van der Waals surface area (Å²) in [5.41, 5.74) is 13.0. The number of carbonyl (C=O) groups is 1. The van der Waals surface area contributed by atoms with Crippen LogP contribution in [0.1, 0.15) is 11.1 Å². The molecule has 24 heavy (non-hydrogen) atoms. The van der Waals surface area contributed by atoms with Gasteiger partial charge in [-0.1, -0.05) is 35.9 Å². The normalized spacial score (nSPS) is 17.8. The van der Waals surface area contributed by atoms with E-state index in [1.807, 2.05) is 0 Å². The van der Waals surface area contributed by atoms with Crippen LogP contribution < -0.4 is 11.5 Å². The molecule has 0 radical (unpaired) electrons. The minimum absolute atomic E-state index is 0.271. The molecule has 1 unspecified atom stereocenters. The van der Waals surface area contributed by atoms with Crippen molar-refractivity contribution >= 4 is 39.5 Å². The summed E-state index contributed by atoms with van der Waals surface area (Å²) >= 11 is 6.02. The van der Waals surface area contributed by atoms with Crippen LogP contribution in [0, 0.1) is 0 Å². The molecule has 1 aliphatic rings. The Morgan fingerprint density at radius 2 is 1.75 bits per heavy atom. The van der Waals surface area contributed by atoms with E-state index in [-0.39, 0.29) is 11.3 Å². The van der Waals surface area contributed by atoms with Gasteiger partial charge in [0, 0.05) is 32.5 Å². The van der Waals surface area contributed by atoms with Gasteiger partial charge in [0.15, 0.2) is 0 Å². The highest BCUT2D eigenvalue weighted by Crippen LogP contribution is 2.38. The van der Waals surface area contributed by atoms with E-state index < -0.39 is 22.4 Å². The highest BCUT2D eigenvalue weighted by molar-refractivity contribution is 7.84. The fourth-order valence-electron chi connectivity index (χ4n) is 2.47. The second kappa shape index (κ2) is 6.14. The van der Waals surface area contributed by atoms with Crippen molar-refractivity contribution in [3.8, 4) is 0 Å². The minimum Gasteiger partial charge on any atom is -0.451 e. The maximum atomic E-state index is 12.6. The van der Waals surface area contributed by atoms with Crippen LogP contribution in [-0.4, -0.2) is 22.1 Å². The number of ether oxygens (including phenoxy) is 1. The van der Waals surface area contributed by atoms with E-state index >= 15 is 0 Å². The standard InChI is InChI=1S/C17H15ClN2O3S/c1-24(22)13-7-5-10(6-8-13)15-14(16(21)17(19,20)23-15)11-3-2-4-12(18)9-11/h2-9H,19-20H2,1H3. The third-order valence-electron chi connectivity index (χ3n) is 3.64. The average molecular weight is 363 g/mol. The summed E-state index contributed by atoms with van der Waals surface area (Å²) in [5.74, 6) is -2.18. The Morgan fingerprint density at radius 3 is 2.33 bits per heavy atom. The number of Topliss-reactive ketones (excluding diaryl/α,β-unsaturated/α-hetero) is 1. The average Bonchev–Trinajstić information content (AvgIpc) is 2.78. The number of hydrogen-bond donors (Lipinski definition) is 2. The molecule has 4 N–H and O–H groups in total. The molecule has 0 aromatic heterocycles. The number of carbonyl (C=O) groups excluding carboxylic acids is 1. The van der Waals surface area contributed by atoms with E-state index in [0.29, 0.717) is 21.0 Å². The summed E-state index contributed by atoms with van der Waals surface area (Å²) in [4.78, 5) is 13.2. The molecule has 7 heteroatoms. The lowest BCUT2D eigenvalue weighted by atomic mass is 9.97. The second-order valence-electron chi connectivity index (χ2n) is 5.42. The third-order valence-corrected chi connectivity index (χ3v) is 4.81. The predicted octanol–water partition coefficient (Wildman–Crippen LogP) is 2.12.